The lowest BCUT2D eigenvalue weighted by Gasteiger charge is -2.41. The Morgan fingerprint density at radius 2 is 1.62 bits per heavy atom. The molecule has 2 aromatic carbocycles. The first-order valence-electron chi connectivity index (χ1n) is 14.2. The lowest BCUT2D eigenvalue weighted by molar-refractivity contribution is 0.0912. The molecule has 3 aliphatic rings. The van der Waals surface area contributed by atoms with E-state index in [1.165, 1.54) is 49.8 Å². The second kappa shape index (κ2) is 10.9. The van der Waals surface area contributed by atoms with E-state index in [-0.39, 0.29) is 11.6 Å². The molecule has 1 saturated carbocycles. The Hall–Kier alpha value is -2.83. The van der Waals surface area contributed by atoms with Gasteiger partial charge in [0, 0.05) is 43.8 Å². The molecule has 2 fully saturated rings. The molecular weight excluding hydrogens is 462 g/mol. The van der Waals surface area contributed by atoms with Gasteiger partial charge >= 0.3 is 0 Å². The number of benzene rings is 2. The summed E-state index contributed by atoms with van der Waals surface area (Å²) in [4.78, 5) is 20.7. The fourth-order valence-corrected chi connectivity index (χ4v) is 6.49. The minimum atomic E-state index is 0.0141. The van der Waals surface area contributed by atoms with Crippen molar-refractivity contribution in [2.24, 2.45) is 5.92 Å². The number of rotatable bonds is 6. The van der Waals surface area contributed by atoms with Crippen LogP contribution in [-0.2, 0) is 6.42 Å². The molecule has 6 nitrogen and oxygen atoms in total. The van der Waals surface area contributed by atoms with Gasteiger partial charge in [-0.25, -0.2) is 0 Å². The van der Waals surface area contributed by atoms with Gasteiger partial charge in [-0.15, -0.1) is 0 Å². The van der Waals surface area contributed by atoms with Crippen LogP contribution in [0.2, 0.25) is 0 Å². The van der Waals surface area contributed by atoms with Crippen LogP contribution >= 0.6 is 0 Å². The van der Waals surface area contributed by atoms with Crippen molar-refractivity contribution in [1.82, 2.24) is 14.8 Å². The Labute approximate surface area is 219 Å². The molecule has 1 N–H and O–H groups in total. The van der Waals surface area contributed by atoms with Crippen LogP contribution in [-0.4, -0.2) is 60.7 Å². The highest BCUT2D eigenvalue weighted by molar-refractivity contribution is 5.80. The summed E-state index contributed by atoms with van der Waals surface area (Å²) in [5, 5.41) is 1.09. The predicted molar refractivity (Wildman–Crippen MR) is 148 cm³/mol. The van der Waals surface area contributed by atoms with E-state index in [4.69, 9.17) is 9.47 Å². The number of piperazine rings is 1. The van der Waals surface area contributed by atoms with Gasteiger partial charge < -0.3 is 19.4 Å². The van der Waals surface area contributed by atoms with Crippen LogP contribution in [0.25, 0.3) is 10.9 Å². The topological polar surface area (TPSA) is 57.8 Å². The first-order chi connectivity index (χ1) is 18.2. The lowest BCUT2D eigenvalue weighted by atomic mass is 9.88. The van der Waals surface area contributed by atoms with Crippen LogP contribution in [0.1, 0.15) is 61.8 Å². The van der Waals surface area contributed by atoms with E-state index in [0.717, 1.165) is 66.5 Å². The van der Waals surface area contributed by atoms with Gasteiger partial charge in [-0.1, -0.05) is 38.3 Å². The fraction of sp³-hybridized carbons (Fsp3) is 0.516. The standard InChI is InChI=1S/C31H39N3O3/c1-2-23-18-26-19-24(8-10-27(26)32-31(23)35)30(25-9-11-28-29(20-25)37-17-16-36-28)34-14-12-33(13-15-34)21-22-6-4-3-5-7-22/h8-11,18-20,22,30H,2-7,12-17,21H2,1H3,(H,32,35). The summed E-state index contributed by atoms with van der Waals surface area (Å²) >= 11 is 0. The highest BCUT2D eigenvalue weighted by Crippen LogP contribution is 2.38. The third kappa shape index (κ3) is 5.27. The molecule has 0 radical (unpaired) electrons. The maximum absolute atomic E-state index is 12.4. The first-order valence-corrected chi connectivity index (χ1v) is 14.2. The summed E-state index contributed by atoms with van der Waals surface area (Å²) in [5.41, 5.74) is 4.21. The molecule has 1 aliphatic carbocycles. The zero-order valence-electron chi connectivity index (χ0n) is 22.0. The number of pyridine rings is 1. The summed E-state index contributed by atoms with van der Waals surface area (Å²) in [5.74, 6) is 2.54. The minimum Gasteiger partial charge on any atom is -0.486 e. The summed E-state index contributed by atoms with van der Waals surface area (Å²) in [6, 6.07) is 15.1. The van der Waals surface area contributed by atoms with Crippen molar-refractivity contribution in [3.8, 4) is 11.5 Å². The first kappa shape index (κ1) is 24.5. The van der Waals surface area contributed by atoms with E-state index in [1.807, 2.05) is 6.92 Å². The number of hydrogen-bond donors (Lipinski definition) is 1. The Kier molecular flexibility index (Phi) is 7.21. The third-order valence-corrected chi connectivity index (χ3v) is 8.54. The van der Waals surface area contributed by atoms with Crippen LogP contribution < -0.4 is 15.0 Å². The van der Waals surface area contributed by atoms with Crippen molar-refractivity contribution in [2.45, 2.75) is 51.5 Å². The average molecular weight is 502 g/mol. The summed E-state index contributed by atoms with van der Waals surface area (Å²) in [6.07, 6.45) is 7.76. The van der Waals surface area contributed by atoms with Crippen molar-refractivity contribution in [3.63, 3.8) is 0 Å². The minimum absolute atomic E-state index is 0.0141. The van der Waals surface area contributed by atoms with Crippen LogP contribution in [0.3, 0.4) is 0 Å². The van der Waals surface area contributed by atoms with Gasteiger partial charge in [-0.3, -0.25) is 9.69 Å². The van der Waals surface area contributed by atoms with Crippen LogP contribution in [0, 0.1) is 5.92 Å². The Morgan fingerprint density at radius 3 is 2.41 bits per heavy atom. The average Bonchev–Trinajstić information content (AvgIpc) is 2.94. The highest BCUT2D eigenvalue weighted by Gasteiger charge is 2.29. The Bertz CT molecular complexity index is 1290. The largest absolute Gasteiger partial charge is 0.486 e. The molecule has 0 bridgehead atoms. The van der Waals surface area contributed by atoms with E-state index in [1.54, 1.807) is 0 Å². The maximum Gasteiger partial charge on any atom is 0.251 e. The molecule has 1 aromatic heterocycles. The molecule has 1 atom stereocenters. The van der Waals surface area contributed by atoms with Gasteiger partial charge in [0.1, 0.15) is 13.2 Å². The van der Waals surface area contributed by atoms with Gasteiger partial charge in [0.15, 0.2) is 11.5 Å². The molecule has 0 spiro atoms. The van der Waals surface area contributed by atoms with Gasteiger partial charge in [-0.05, 0) is 72.0 Å². The van der Waals surface area contributed by atoms with Crippen molar-refractivity contribution in [2.75, 3.05) is 45.9 Å². The number of ether oxygens (including phenoxy) is 2. The molecule has 6 rings (SSSR count). The number of nitrogens with zero attached hydrogens (tertiary/aromatic N) is 2. The second-order valence-electron chi connectivity index (χ2n) is 11.0. The summed E-state index contributed by atoms with van der Waals surface area (Å²) < 4.78 is 11.8. The van der Waals surface area contributed by atoms with Gasteiger partial charge in [0.25, 0.3) is 5.56 Å². The molecule has 0 amide bonds. The molecule has 3 aromatic rings. The number of aromatic amines is 1. The second-order valence-corrected chi connectivity index (χ2v) is 11.0. The summed E-state index contributed by atoms with van der Waals surface area (Å²) in [6.45, 7) is 8.77. The number of hydrogen-bond acceptors (Lipinski definition) is 5. The number of aromatic nitrogens is 1. The fourth-order valence-electron chi connectivity index (χ4n) is 6.49. The van der Waals surface area contributed by atoms with Crippen LogP contribution in [0.4, 0.5) is 0 Å². The third-order valence-electron chi connectivity index (χ3n) is 8.54. The molecular formula is C31H39N3O3. The van der Waals surface area contributed by atoms with E-state index in [2.05, 4.69) is 57.2 Å². The number of H-pyrrole nitrogens is 1. The number of nitrogens with one attached hydrogen (secondary N) is 1. The number of fused-ring (bicyclic) bond motifs is 2. The van der Waals surface area contributed by atoms with Gasteiger partial charge in [0.05, 0.1) is 6.04 Å². The smallest absolute Gasteiger partial charge is 0.251 e. The van der Waals surface area contributed by atoms with Gasteiger partial charge in [0.2, 0.25) is 0 Å². The Balaban J connectivity index is 1.30. The molecule has 1 unspecified atom stereocenters. The molecule has 1 saturated heterocycles. The molecule has 6 heteroatoms. The monoisotopic (exact) mass is 501 g/mol. The summed E-state index contributed by atoms with van der Waals surface area (Å²) in [7, 11) is 0. The van der Waals surface area contributed by atoms with E-state index in [0.29, 0.717) is 13.2 Å². The quantitative estimate of drug-likeness (QED) is 0.506. The van der Waals surface area contributed by atoms with Gasteiger partial charge in [-0.2, -0.15) is 0 Å². The maximum atomic E-state index is 12.4. The SMILES string of the molecule is CCc1cc2cc(C(c3ccc4c(c3)OCCO4)N3CCN(CC4CCCCC4)CC3)ccc2[nH]c1=O. The van der Waals surface area contributed by atoms with Crippen LogP contribution in [0.15, 0.2) is 47.3 Å². The number of aryl methyl sites for hydroxylation is 1. The highest BCUT2D eigenvalue weighted by atomic mass is 16.6. The molecule has 3 heterocycles. The van der Waals surface area contributed by atoms with Crippen molar-refractivity contribution in [3.05, 3.63) is 69.5 Å². The lowest BCUT2D eigenvalue weighted by Crippen LogP contribution is -2.49. The van der Waals surface area contributed by atoms with Crippen molar-refractivity contribution >= 4 is 10.9 Å². The predicted octanol–water partition coefficient (Wildman–Crippen LogP) is 5.15. The Morgan fingerprint density at radius 1 is 0.892 bits per heavy atom. The van der Waals surface area contributed by atoms with E-state index < -0.39 is 0 Å². The van der Waals surface area contributed by atoms with E-state index >= 15 is 0 Å². The zero-order valence-corrected chi connectivity index (χ0v) is 22.0. The molecule has 2 aliphatic heterocycles. The van der Waals surface area contributed by atoms with Crippen molar-refractivity contribution in [1.29, 1.82) is 0 Å². The van der Waals surface area contributed by atoms with Crippen LogP contribution in [0.5, 0.6) is 11.5 Å². The molecule has 196 valence electrons. The zero-order chi connectivity index (χ0) is 25.2. The van der Waals surface area contributed by atoms with Crippen molar-refractivity contribution < 1.29 is 9.47 Å². The molecule has 37 heavy (non-hydrogen) atoms. The van der Waals surface area contributed by atoms with E-state index in [9.17, 15) is 4.79 Å². The normalized spacial score (nSPS) is 20.2.